The molecule has 7 nitrogen and oxygen atoms in total. The Balaban J connectivity index is 1.60. The summed E-state index contributed by atoms with van der Waals surface area (Å²) in [6, 6.07) is 10.9. The number of benzene rings is 1. The van der Waals surface area contributed by atoms with E-state index in [9.17, 15) is 9.59 Å². The lowest BCUT2D eigenvalue weighted by Crippen LogP contribution is -2.23. The van der Waals surface area contributed by atoms with Crippen LogP contribution in [0.4, 0.5) is 16.3 Å². The molecule has 1 fully saturated rings. The first-order valence-corrected chi connectivity index (χ1v) is 7.98. The van der Waals surface area contributed by atoms with Crippen molar-refractivity contribution < 1.29 is 14.3 Å². The highest BCUT2D eigenvalue weighted by Gasteiger charge is 2.21. The van der Waals surface area contributed by atoms with Gasteiger partial charge in [-0.25, -0.2) is 9.78 Å². The van der Waals surface area contributed by atoms with Gasteiger partial charge in [-0.3, -0.25) is 4.79 Å². The van der Waals surface area contributed by atoms with Crippen LogP contribution in [0.3, 0.4) is 0 Å². The number of nitrogens with one attached hydrogen (secondary N) is 1. The summed E-state index contributed by atoms with van der Waals surface area (Å²) in [5, 5.41) is 2.84. The molecule has 0 unspecified atom stereocenters. The van der Waals surface area contributed by atoms with Crippen molar-refractivity contribution in [2.45, 2.75) is 6.54 Å². The van der Waals surface area contributed by atoms with Crippen LogP contribution in [-0.4, -0.2) is 49.1 Å². The molecule has 7 heteroatoms. The van der Waals surface area contributed by atoms with Crippen LogP contribution in [0.2, 0.25) is 0 Å². The maximum Gasteiger partial charge on any atom is 0.410 e. The zero-order valence-corrected chi connectivity index (χ0v) is 14.2. The molecule has 1 aromatic heterocycles. The number of nitrogens with zero attached hydrogens (tertiary/aromatic N) is 3. The molecule has 1 aliphatic rings. The van der Waals surface area contributed by atoms with Gasteiger partial charge in [0.05, 0.1) is 12.1 Å². The molecule has 0 radical (unpaired) electrons. The zero-order chi connectivity index (χ0) is 17.8. The van der Waals surface area contributed by atoms with Crippen LogP contribution in [-0.2, 0) is 11.3 Å². The maximum atomic E-state index is 12.3. The average molecular weight is 340 g/mol. The summed E-state index contributed by atoms with van der Waals surface area (Å²) in [4.78, 5) is 31.5. The fraction of sp³-hybridized carbons (Fsp3) is 0.278. The van der Waals surface area contributed by atoms with Gasteiger partial charge in [-0.15, -0.1) is 0 Å². The molecule has 130 valence electrons. The lowest BCUT2D eigenvalue weighted by atomic mass is 10.2. The summed E-state index contributed by atoms with van der Waals surface area (Å²) < 4.78 is 4.91. The molecule has 1 aromatic carbocycles. The van der Waals surface area contributed by atoms with E-state index in [0.717, 1.165) is 11.4 Å². The number of rotatable bonds is 5. The minimum absolute atomic E-state index is 0.214. The molecule has 1 aliphatic heterocycles. The average Bonchev–Trinajstić information content (AvgIpc) is 3.01. The number of pyridine rings is 1. The van der Waals surface area contributed by atoms with E-state index in [1.165, 1.54) is 0 Å². The van der Waals surface area contributed by atoms with Crippen molar-refractivity contribution in [3.63, 3.8) is 0 Å². The van der Waals surface area contributed by atoms with E-state index >= 15 is 0 Å². The summed E-state index contributed by atoms with van der Waals surface area (Å²) in [5.41, 5.74) is 2.16. The molecule has 25 heavy (non-hydrogen) atoms. The number of aromatic nitrogens is 1. The molecule has 3 rings (SSSR count). The lowest BCUT2D eigenvalue weighted by Gasteiger charge is -2.13. The quantitative estimate of drug-likeness (QED) is 0.904. The lowest BCUT2D eigenvalue weighted by molar-refractivity contribution is 0.102. The second-order valence-corrected chi connectivity index (χ2v) is 5.99. The summed E-state index contributed by atoms with van der Waals surface area (Å²) in [5.74, 6) is 0.579. The Morgan fingerprint density at radius 2 is 2.00 bits per heavy atom. The molecule has 0 saturated carbocycles. The van der Waals surface area contributed by atoms with E-state index in [4.69, 9.17) is 4.74 Å². The zero-order valence-electron chi connectivity index (χ0n) is 14.2. The highest BCUT2D eigenvalue weighted by atomic mass is 16.6. The SMILES string of the molecule is CN(C)c1ccc(C(=O)Nc2ccc(CN3CCOC3=O)cc2)cn1. The Labute approximate surface area is 146 Å². The fourth-order valence-electron chi connectivity index (χ4n) is 2.47. The third kappa shape index (κ3) is 4.06. The third-order valence-electron chi connectivity index (χ3n) is 3.90. The van der Waals surface area contributed by atoms with Crippen LogP contribution in [0, 0.1) is 0 Å². The standard InChI is InChI=1S/C18H20N4O3/c1-21(2)16-8-5-14(11-19-16)17(23)20-15-6-3-13(4-7-15)12-22-9-10-25-18(22)24/h3-8,11H,9-10,12H2,1-2H3,(H,20,23). The van der Waals surface area contributed by atoms with Crippen molar-refractivity contribution in [3.8, 4) is 0 Å². The van der Waals surface area contributed by atoms with Crippen molar-refractivity contribution in [3.05, 3.63) is 53.7 Å². The Morgan fingerprint density at radius 3 is 2.56 bits per heavy atom. The van der Waals surface area contributed by atoms with Crippen LogP contribution >= 0.6 is 0 Å². The molecule has 0 spiro atoms. The van der Waals surface area contributed by atoms with E-state index in [2.05, 4.69) is 10.3 Å². The minimum Gasteiger partial charge on any atom is -0.448 e. The topological polar surface area (TPSA) is 74.8 Å². The van der Waals surface area contributed by atoms with Gasteiger partial charge in [-0.05, 0) is 29.8 Å². The van der Waals surface area contributed by atoms with Crippen LogP contribution in [0.1, 0.15) is 15.9 Å². The molecular formula is C18H20N4O3. The first-order chi connectivity index (χ1) is 12.0. The Bertz CT molecular complexity index is 757. The predicted octanol–water partition coefficient (Wildman–Crippen LogP) is 2.35. The van der Waals surface area contributed by atoms with Crippen molar-refractivity contribution in [2.24, 2.45) is 0 Å². The highest BCUT2D eigenvalue weighted by molar-refractivity contribution is 6.04. The summed E-state index contributed by atoms with van der Waals surface area (Å²) >= 11 is 0. The van der Waals surface area contributed by atoms with Gasteiger partial charge in [0.2, 0.25) is 0 Å². The largest absolute Gasteiger partial charge is 0.448 e. The summed E-state index contributed by atoms with van der Waals surface area (Å²) in [6.45, 7) is 1.55. The summed E-state index contributed by atoms with van der Waals surface area (Å²) in [6.07, 6.45) is 1.27. The molecule has 2 amide bonds. The monoisotopic (exact) mass is 340 g/mol. The second kappa shape index (κ2) is 7.21. The molecule has 1 saturated heterocycles. The summed E-state index contributed by atoms with van der Waals surface area (Å²) in [7, 11) is 3.79. The first kappa shape index (κ1) is 16.8. The van der Waals surface area contributed by atoms with Crippen molar-refractivity contribution in [1.82, 2.24) is 9.88 Å². The maximum absolute atomic E-state index is 12.3. The van der Waals surface area contributed by atoms with Gasteiger partial charge in [-0.2, -0.15) is 0 Å². The van der Waals surface area contributed by atoms with Crippen molar-refractivity contribution in [2.75, 3.05) is 37.5 Å². The molecular weight excluding hydrogens is 320 g/mol. The minimum atomic E-state index is -0.286. The van der Waals surface area contributed by atoms with E-state index in [0.29, 0.717) is 30.9 Å². The van der Waals surface area contributed by atoms with Crippen molar-refractivity contribution in [1.29, 1.82) is 0 Å². The van der Waals surface area contributed by atoms with Crippen LogP contribution in [0.5, 0.6) is 0 Å². The molecule has 0 aliphatic carbocycles. The van der Waals surface area contributed by atoms with E-state index in [-0.39, 0.29) is 12.0 Å². The van der Waals surface area contributed by atoms with Gasteiger partial charge < -0.3 is 19.9 Å². The van der Waals surface area contributed by atoms with Gasteiger partial charge in [0.15, 0.2) is 0 Å². The molecule has 2 aromatic rings. The van der Waals surface area contributed by atoms with Crippen LogP contribution in [0.15, 0.2) is 42.6 Å². The number of anilines is 2. The predicted molar refractivity (Wildman–Crippen MR) is 94.7 cm³/mol. The molecule has 0 bridgehead atoms. The number of cyclic esters (lactones) is 1. The first-order valence-electron chi connectivity index (χ1n) is 7.98. The molecule has 1 N–H and O–H groups in total. The third-order valence-corrected chi connectivity index (χ3v) is 3.90. The van der Waals surface area contributed by atoms with Gasteiger partial charge >= 0.3 is 6.09 Å². The number of carbonyl (C=O) groups is 2. The Kier molecular flexibility index (Phi) is 4.83. The highest BCUT2D eigenvalue weighted by Crippen LogP contribution is 2.15. The smallest absolute Gasteiger partial charge is 0.410 e. The normalized spacial score (nSPS) is 13.5. The van der Waals surface area contributed by atoms with Gasteiger partial charge in [0, 0.05) is 32.5 Å². The second-order valence-electron chi connectivity index (χ2n) is 5.99. The van der Waals surface area contributed by atoms with E-state index in [1.54, 1.807) is 23.2 Å². The molecule has 2 heterocycles. The van der Waals surface area contributed by atoms with Gasteiger partial charge in [-0.1, -0.05) is 12.1 Å². The van der Waals surface area contributed by atoms with Crippen molar-refractivity contribution >= 4 is 23.5 Å². The number of hydrogen-bond acceptors (Lipinski definition) is 5. The number of hydrogen-bond donors (Lipinski definition) is 1. The van der Waals surface area contributed by atoms with Crippen LogP contribution < -0.4 is 10.2 Å². The van der Waals surface area contributed by atoms with Gasteiger partial charge in [0.1, 0.15) is 12.4 Å². The van der Waals surface area contributed by atoms with E-state index in [1.807, 2.05) is 43.3 Å². The number of ether oxygens (including phenoxy) is 1. The number of carbonyl (C=O) groups excluding carboxylic acids is 2. The van der Waals surface area contributed by atoms with Gasteiger partial charge in [0.25, 0.3) is 5.91 Å². The Hall–Kier alpha value is -3.09. The fourth-order valence-corrected chi connectivity index (χ4v) is 2.47. The van der Waals surface area contributed by atoms with Crippen LogP contribution in [0.25, 0.3) is 0 Å². The Morgan fingerprint density at radius 1 is 1.24 bits per heavy atom. The van der Waals surface area contributed by atoms with E-state index < -0.39 is 0 Å². The number of amides is 2. The molecule has 0 atom stereocenters.